The van der Waals surface area contributed by atoms with E-state index in [1.54, 1.807) is 0 Å². The molecule has 16 heavy (non-hydrogen) atoms. The molecule has 4 nitrogen and oxygen atoms in total. The number of aromatic nitrogens is 1. The molecule has 0 saturated carbocycles. The summed E-state index contributed by atoms with van der Waals surface area (Å²) in [6.07, 6.45) is 0.929. The number of rotatable bonds is 2. The van der Waals surface area contributed by atoms with E-state index in [2.05, 4.69) is 23.7 Å². The van der Waals surface area contributed by atoms with Crippen molar-refractivity contribution in [1.29, 1.82) is 0 Å². The van der Waals surface area contributed by atoms with Gasteiger partial charge in [-0.05, 0) is 20.3 Å². The summed E-state index contributed by atoms with van der Waals surface area (Å²) in [5.41, 5.74) is 0.956. The number of fused-ring (bicyclic) bond motifs is 1. The summed E-state index contributed by atoms with van der Waals surface area (Å²) in [6.45, 7) is 6.09. The second-order valence-corrected chi connectivity index (χ2v) is 5.09. The Hall–Kier alpha value is -0.343. The van der Waals surface area contributed by atoms with Crippen LogP contribution in [0, 0.1) is 0 Å². The molecular formula is C10H15LiN2O2S. The van der Waals surface area contributed by atoms with Crippen LogP contribution in [0.3, 0.4) is 0 Å². The minimum atomic E-state index is -0.912. The van der Waals surface area contributed by atoms with E-state index in [9.17, 15) is 4.79 Å². The molecule has 0 spiro atoms. The molecule has 1 aromatic heterocycles. The van der Waals surface area contributed by atoms with E-state index in [1.165, 1.54) is 11.3 Å². The van der Waals surface area contributed by atoms with Gasteiger partial charge in [-0.15, -0.1) is 11.3 Å². The SMILES string of the molecule is CC(C)N1CCc2sc(C(=O)O)nc2C1.[LiH]. The zero-order valence-corrected chi connectivity index (χ0v) is 9.67. The average Bonchev–Trinajstić information content (AvgIpc) is 2.59. The Labute approximate surface area is 111 Å². The molecule has 2 heterocycles. The minimum absolute atomic E-state index is 0. The van der Waals surface area contributed by atoms with Crippen molar-refractivity contribution >= 4 is 36.2 Å². The van der Waals surface area contributed by atoms with Crippen LogP contribution >= 0.6 is 11.3 Å². The number of carboxylic acids is 1. The molecule has 1 aliphatic rings. The van der Waals surface area contributed by atoms with Gasteiger partial charge >= 0.3 is 24.8 Å². The normalized spacial score (nSPS) is 15.7. The molecule has 0 fully saturated rings. The van der Waals surface area contributed by atoms with Crippen molar-refractivity contribution in [2.75, 3.05) is 6.54 Å². The third kappa shape index (κ3) is 2.66. The van der Waals surface area contributed by atoms with E-state index >= 15 is 0 Å². The third-order valence-electron chi connectivity index (χ3n) is 2.67. The van der Waals surface area contributed by atoms with Crippen LogP contribution in [0.4, 0.5) is 0 Å². The Morgan fingerprint density at radius 2 is 2.25 bits per heavy atom. The molecule has 0 amide bonds. The van der Waals surface area contributed by atoms with E-state index in [0.717, 1.165) is 30.1 Å². The number of carbonyl (C=O) groups is 1. The van der Waals surface area contributed by atoms with Gasteiger partial charge in [0.2, 0.25) is 5.01 Å². The number of thiazole rings is 1. The van der Waals surface area contributed by atoms with Crippen LogP contribution in [0.1, 0.15) is 34.2 Å². The zero-order chi connectivity index (χ0) is 11.0. The van der Waals surface area contributed by atoms with Gasteiger partial charge in [-0.1, -0.05) is 0 Å². The Morgan fingerprint density at radius 1 is 1.56 bits per heavy atom. The molecule has 0 saturated heterocycles. The quantitative estimate of drug-likeness (QED) is 0.774. The summed E-state index contributed by atoms with van der Waals surface area (Å²) in [7, 11) is 0. The van der Waals surface area contributed by atoms with Crippen LogP contribution in [0.15, 0.2) is 0 Å². The summed E-state index contributed by atoms with van der Waals surface area (Å²) in [5, 5.41) is 9.07. The van der Waals surface area contributed by atoms with Crippen LogP contribution in [0.5, 0.6) is 0 Å². The first-order valence-electron chi connectivity index (χ1n) is 5.04. The van der Waals surface area contributed by atoms with Crippen molar-refractivity contribution in [3.63, 3.8) is 0 Å². The molecule has 6 heteroatoms. The van der Waals surface area contributed by atoms with E-state index in [4.69, 9.17) is 5.11 Å². The zero-order valence-electron chi connectivity index (χ0n) is 8.86. The predicted octanol–water partition coefficient (Wildman–Crippen LogP) is 0.959. The average molecular weight is 234 g/mol. The Balaban J connectivity index is 0.00000128. The Kier molecular flexibility index (Phi) is 4.57. The first kappa shape index (κ1) is 13.7. The maximum absolute atomic E-state index is 10.8. The summed E-state index contributed by atoms with van der Waals surface area (Å²) in [5.74, 6) is -0.912. The molecule has 0 radical (unpaired) electrons. The van der Waals surface area contributed by atoms with Gasteiger partial charge < -0.3 is 5.11 Å². The van der Waals surface area contributed by atoms with Crippen molar-refractivity contribution in [3.05, 3.63) is 15.6 Å². The molecule has 1 aliphatic heterocycles. The second kappa shape index (κ2) is 5.33. The van der Waals surface area contributed by atoms with Gasteiger partial charge in [0, 0.05) is 24.0 Å². The third-order valence-corrected chi connectivity index (χ3v) is 3.82. The number of aromatic carboxylic acids is 1. The molecule has 0 bridgehead atoms. The molecule has 0 unspecified atom stereocenters. The molecule has 1 N–H and O–H groups in total. The summed E-state index contributed by atoms with van der Waals surface area (Å²) >= 11 is 1.32. The summed E-state index contributed by atoms with van der Waals surface area (Å²) in [6, 6.07) is 0.494. The fourth-order valence-corrected chi connectivity index (χ4v) is 2.65. The molecular weight excluding hydrogens is 219 g/mol. The number of carboxylic acid groups (broad SMARTS) is 1. The molecule has 84 valence electrons. The number of hydrogen-bond donors (Lipinski definition) is 1. The number of hydrogen-bond acceptors (Lipinski definition) is 4. The fraction of sp³-hybridized carbons (Fsp3) is 0.600. The first-order valence-corrected chi connectivity index (χ1v) is 5.85. The van der Waals surface area contributed by atoms with Crippen molar-refractivity contribution in [2.45, 2.75) is 32.9 Å². The monoisotopic (exact) mass is 234 g/mol. The van der Waals surface area contributed by atoms with Gasteiger partial charge in [0.05, 0.1) is 5.69 Å². The molecule has 2 rings (SSSR count). The van der Waals surface area contributed by atoms with Gasteiger partial charge in [0.1, 0.15) is 0 Å². The second-order valence-electron chi connectivity index (χ2n) is 4.01. The van der Waals surface area contributed by atoms with Crippen LogP contribution in [0.2, 0.25) is 0 Å². The van der Waals surface area contributed by atoms with Crippen LogP contribution in [-0.4, -0.2) is 52.4 Å². The molecule has 0 atom stereocenters. The summed E-state index contributed by atoms with van der Waals surface area (Å²) < 4.78 is 0. The van der Waals surface area contributed by atoms with Crippen LogP contribution in [0.25, 0.3) is 0 Å². The topological polar surface area (TPSA) is 53.4 Å². The van der Waals surface area contributed by atoms with Crippen molar-refractivity contribution in [1.82, 2.24) is 9.88 Å². The van der Waals surface area contributed by atoms with E-state index in [1.807, 2.05) is 0 Å². The Morgan fingerprint density at radius 3 is 2.81 bits per heavy atom. The first-order chi connectivity index (χ1) is 7.08. The van der Waals surface area contributed by atoms with E-state index in [-0.39, 0.29) is 23.9 Å². The van der Waals surface area contributed by atoms with E-state index in [0.29, 0.717) is 6.04 Å². The van der Waals surface area contributed by atoms with Crippen molar-refractivity contribution in [3.8, 4) is 0 Å². The molecule has 1 aromatic rings. The van der Waals surface area contributed by atoms with Crippen LogP contribution < -0.4 is 0 Å². The number of nitrogens with zero attached hydrogens (tertiary/aromatic N) is 2. The van der Waals surface area contributed by atoms with Crippen molar-refractivity contribution < 1.29 is 9.90 Å². The molecule has 0 aliphatic carbocycles. The van der Waals surface area contributed by atoms with Crippen molar-refractivity contribution in [2.24, 2.45) is 0 Å². The summed E-state index contributed by atoms with van der Waals surface area (Å²) in [4.78, 5) is 18.4. The van der Waals surface area contributed by atoms with Gasteiger partial charge in [0.25, 0.3) is 0 Å². The van der Waals surface area contributed by atoms with Gasteiger partial charge in [-0.3, -0.25) is 4.90 Å². The standard InChI is InChI=1S/C10H14N2O2S.Li.H/c1-6(2)12-4-3-8-7(5-12)11-9(15-8)10(13)14;;/h6H,3-5H2,1-2H3,(H,13,14);;. The Bertz CT molecular complexity index is 392. The van der Waals surface area contributed by atoms with E-state index < -0.39 is 5.97 Å². The van der Waals surface area contributed by atoms with Crippen LogP contribution in [-0.2, 0) is 13.0 Å². The van der Waals surface area contributed by atoms with Gasteiger partial charge in [-0.2, -0.15) is 0 Å². The maximum atomic E-state index is 10.8. The molecule has 0 aromatic carbocycles. The predicted molar refractivity (Wildman–Crippen MR) is 65.5 cm³/mol. The van der Waals surface area contributed by atoms with Gasteiger partial charge in [-0.25, -0.2) is 9.78 Å². The van der Waals surface area contributed by atoms with Gasteiger partial charge in [0.15, 0.2) is 0 Å². The fourth-order valence-electron chi connectivity index (χ4n) is 1.75.